The first kappa shape index (κ1) is 14.0. The summed E-state index contributed by atoms with van der Waals surface area (Å²) >= 11 is 0. The second kappa shape index (κ2) is 5.73. The van der Waals surface area contributed by atoms with Crippen molar-refractivity contribution in [3.05, 3.63) is 64.7 Å². The van der Waals surface area contributed by atoms with Crippen LogP contribution < -0.4 is 9.61 Å². The summed E-state index contributed by atoms with van der Waals surface area (Å²) in [5.74, 6) is 0.0601. The number of para-hydroxylation sites is 1. The molecule has 104 valence electrons. The van der Waals surface area contributed by atoms with Gasteiger partial charge in [-0.2, -0.15) is 0 Å². The normalized spacial score (nSPS) is 13.2. The van der Waals surface area contributed by atoms with Gasteiger partial charge in [0.25, 0.3) is 5.69 Å². The Morgan fingerprint density at radius 2 is 1.70 bits per heavy atom. The van der Waals surface area contributed by atoms with Crippen LogP contribution >= 0.6 is 7.75 Å². The summed E-state index contributed by atoms with van der Waals surface area (Å²) in [7, 11) is -4.10. The van der Waals surface area contributed by atoms with Gasteiger partial charge in [0.2, 0.25) is 0 Å². The Labute approximate surface area is 114 Å². The Kier molecular flexibility index (Phi) is 4.02. The van der Waals surface area contributed by atoms with E-state index in [0.29, 0.717) is 5.69 Å². The molecule has 0 heterocycles. The Morgan fingerprint density at radius 1 is 1.10 bits per heavy atom. The standard InChI is InChI=1S/C12H11N2O5P/c15-14(16)11-6-8-12(9-7-11)19-20(17,18)13-10-4-2-1-3-5-10/h1-9H,(H2,13,17,18). The molecule has 0 aliphatic heterocycles. The summed E-state index contributed by atoms with van der Waals surface area (Å²) in [6.07, 6.45) is 0. The van der Waals surface area contributed by atoms with Crippen LogP contribution in [0.1, 0.15) is 0 Å². The molecule has 0 aliphatic rings. The Morgan fingerprint density at radius 3 is 2.25 bits per heavy atom. The van der Waals surface area contributed by atoms with E-state index in [1.54, 1.807) is 30.3 Å². The van der Waals surface area contributed by atoms with E-state index in [-0.39, 0.29) is 11.4 Å². The first-order chi connectivity index (χ1) is 9.46. The summed E-state index contributed by atoms with van der Waals surface area (Å²) in [5, 5.41) is 12.8. The lowest BCUT2D eigenvalue weighted by molar-refractivity contribution is -0.384. The second-order valence-corrected chi connectivity index (χ2v) is 5.29. The van der Waals surface area contributed by atoms with Crippen molar-refractivity contribution in [2.45, 2.75) is 0 Å². The highest BCUT2D eigenvalue weighted by Crippen LogP contribution is 2.42. The van der Waals surface area contributed by atoms with E-state index >= 15 is 0 Å². The molecule has 0 saturated heterocycles. The Balaban J connectivity index is 2.08. The van der Waals surface area contributed by atoms with Crippen molar-refractivity contribution in [2.24, 2.45) is 0 Å². The third-order valence-electron chi connectivity index (χ3n) is 2.32. The fourth-order valence-electron chi connectivity index (χ4n) is 1.47. The van der Waals surface area contributed by atoms with Crippen molar-refractivity contribution in [3.63, 3.8) is 0 Å². The predicted molar refractivity (Wildman–Crippen MR) is 73.6 cm³/mol. The van der Waals surface area contributed by atoms with Crippen LogP contribution in [0.5, 0.6) is 5.75 Å². The van der Waals surface area contributed by atoms with Gasteiger partial charge in [-0.25, -0.2) is 4.57 Å². The van der Waals surface area contributed by atoms with E-state index in [1.165, 1.54) is 24.3 Å². The van der Waals surface area contributed by atoms with Crippen LogP contribution in [0.2, 0.25) is 0 Å². The number of nitrogens with one attached hydrogen (secondary N) is 1. The van der Waals surface area contributed by atoms with E-state index in [9.17, 15) is 19.6 Å². The van der Waals surface area contributed by atoms with Crippen LogP contribution in [-0.4, -0.2) is 9.82 Å². The van der Waals surface area contributed by atoms with Crippen LogP contribution in [0.4, 0.5) is 11.4 Å². The largest absolute Gasteiger partial charge is 0.483 e. The van der Waals surface area contributed by atoms with E-state index in [4.69, 9.17) is 4.52 Å². The minimum absolute atomic E-state index is 0.0601. The highest BCUT2D eigenvalue weighted by atomic mass is 31.2. The fraction of sp³-hybridized carbons (Fsp3) is 0. The molecule has 7 nitrogen and oxygen atoms in total. The maximum absolute atomic E-state index is 11.9. The van der Waals surface area contributed by atoms with Gasteiger partial charge in [-0.15, -0.1) is 0 Å². The summed E-state index contributed by atoms with van der Waals surface area (Å²) in [6.45, 7) is 0. The molecular weight excluding hydrogens is 283 g/mol. The molecule has 2 aromatic rings. The monoisotopic (exact) mass is 294 g/mol. The first-order valence-electron chi connectivity index (χ1n) is 5.56. The average Bonchev–Trinajstić information content (AvgIpc) is 2.39. The van der Waals surface area contributed by atoms with Gasteiger partial charge in [0.1, 0.15) is 5.75 Å². The number of hydrogen-bond donors (Lipinski definition) is 2. The molecule has 2 N–H and O–H groups in total. The van der Waals surface area contributed by atoms with E-state index in [0.717, 1.165) is 0 Å². The quantitative estimate of drug-likeness (QED) is 0.499. The molecule has 2 rings (SSSR count). The number of nitrogens with zero attached hydrogens (tertiary/aromatic N) is 1. The number of benzene rings is 2. The van der Waals surface area contributed by atoms with Crippen LogP contribution in [0, 0.1) is 10.1 Å². The van der Waals surface area contributed by atoms with Crippen LogP contribution in [-0.2, 0) is 4.57 Å². The lowest BCUT2D eigenvalue weighted by Gasteiger charge is -2.14. The van der Waals surface area contributed by atoms with Gasteiger partial charge in [0, 0.05) is 17.8 Å². The average molecular weight is 294 g/mol. The van der Waals surface area contributed by atoms with Crippen LogP contribution in [0.3, 0.4) is 0 Å². The molecule has 0 saturated carbocycles. The first-order valence-corrected chi connectivity index (χ1v) is 7.14. The number of rotatable bonds is 5. The number of nitro groups is 1. The minimum atomic E-state index is -4.10. The van der Waals surface area contributed by atoms with Crippen LogP contribution in [0.25, 0.3) is 0 Å². The van der Waals surface area contributed by atoms with Gasteiger partial charge < -0.3 is 4.52 Å². The summed E-state index contributed by atoms with van der Waals surface area (Å²) < 4.78 is 16.8. The van der Waals surface area contributed by atoms with Gasteiger partial charge in [0.15, 0.2) is 0 Å². The number of hydrogen-bond acceptors (Lipinski definition) is 4. The van der Waals surface area contributed by atoms with Crippen molar-refractivity contribution >= 4 is 19.1 Å². The van der Waals surface area contributed by atoms with Gasteiger partial charge in [-0.3, -0.25) is 20.1 Å². The third kappa shape index (κ3) is 3.81. The SMILES string of the molecule is O=[N+]([O-])c1ccc(OP(=O)(O)Nc2ccccc2)cc1. The Bertz CT molecular complexity index is 645. The molecule has 1 atom stereocenters. The zero-order valence-corrected chi connectivity index (χ0v) is 11.1. The van der Waals surface area contributed by atoms with Gasteiger partial charge in [-0.1, -0.05) is 18.2 Å². The molecular formula is C12H11N2O5P. The number of nitro benzene ring substituents is 1. The maximum Gasteiger partial charge on any atom is 0.483 e. The van der Waals surface area contributed by atoms with Gasteiger partial charge in [0.05, 0.1) is 4.92 Å². The highest BCUT2D eigenvalue weighted by molar-refractivity contribution is 7.54. The smallest absolute Gasteiger partial charge is 0.409 e. The summed E-state index contributed by atoms with van der Waals surface area (Å²) in [6, 6.07) is 13.3. The molecule has 0 aromatic heterocycles. The van der Waals surface area contributed by atoms with E-state index in [1.807, 2.05) is 0 Å². The zero-order valence-electron chi connectivity index (χ0n) is 10.2. The van der Waals surface area contributed by atoms with Crippen molar-refractivity contribution in [2.75, 3.05) is 5.09 Å². The molecule has 0 bridgehead atoms. The predicted octanol–water partition coefficient (Wildman–Crippen LogP) is 3.19. The molecule has 0 fully saturated rings. The molecule has 0 aliphatic carbocycles. The van der Waals surface area contributed by atoms with E-state index < -0.39 is 12.7 Å². The summed E-state index contributed by atoms with van der Waals surface area (Å²) in [4.78, 5) is 19.6. The van der Waals surface area contributed by atoms with Crippen LogP contribution in [0.15, 0.2) is 54.6 Å². The van der Waals surface area contributed by atoms with Gasteiger partial charge >= 0.3 is 7.75 Å². The highest BCUT2D eigenvalue weighted by Gasteiger charge is 2.21. The molecule has 8 heteroatoms. The molecule has 0 amide bonds. The molecule has 0 radical (unpaired) electrons. The maximum atomic E-state index is 11.9. The number of non-ortho nitro benzene ring substituents is 1. The Hall–Kier alpha value is -2.37. The lowest BCUT2D eigenvalue weighted by atomic mass is 10.3. The summed E-state index contributed by atoms with van der Waals surface area (Å²) in [5.41, 5.74) is 0.307. The van der Waals surface area contributed by atoms with Crippen molar-refractivity contribution in [3.8, 4) is 5.75 Å². The van der Waals surface area contributed by atoms with Crippen molar-refractivity contribution in [1.82, 2.24) is 0 Å². The number of anilines is 1. The molecule has 0 spiro atoms. The topological polar surface area (TPSA) is 102 Å². The van der Waals surface area contributed by atoms with Crippen molar-refractivity contribution < 1.29 is 18.9 Å². The lowest BCUT2D eigenvalue weighted by Crippen LogP contribution is -2.02. The van der Waals surface area contributed by atoms with Crippen molar-refractivity contribution in [1.29, 1.82) is 0 Å². The van der Waals surface area contributed by atoms with Gasteiger partial charge in [-0.05, 0) is 24.3 Å². The van der Waals surface area contributed by atoms with E-state index in [2.05, 4.69) is 5.09 Å². The second-order valence-electron chi connectivity index (χ2n) is 3.84. The zero-order chi connectivity index (χ0) is 14.6. The molecule has 1 unspecified atom stereocenters. The third-order valence-corrected chi connectivity index (χ3v) is 3.32. The minimum Gasteiger partial charge on any atom is -0.409 e. The molecule has 20 heavy (non-hydrogen) atoms. The fourth-order valence-corrected chi connectivity index (χ4v) is 2.40. The molecule has 2 aromatic carbocycles.